The summed E-state index contributed by atoms with van der Waals surface area (Å²) in [5, 5.41) is 4.64. The highest BCUT2D eigenvalue weighted by atomic mass is 19.4. The van der Waals surface area contributed by atoms with Crippen LogP contribution in [0.1, 0.15) is 48.9 Å². The summed E-state index contributed by atoms with van der Waals surface area (Å²) < 4.78 is 52.2. The Morgan fingerprint density at radius 2 is 1.87 bits per heavy atom. The van der Waals surface area contributed by atoms with Crippen molar-refractivity contribution in [3.63, 3.8) is 0 Å². The fourth-order valence-electron chi connectivity index (χ4n) is 5.26. The van der Waals surface area contributed by atoms with Crippen molar-refractivity contribution < 1.29 is 27.4 Å². The molecule has 6 rings (SSSR count). The maximum absolute atomic E-state index is 13.3. The highest BCUT2D eigenvalue weighted by molar-refractivity contribution is 6.07. The van der Waals surface area contributed by atoms with E-state index in [-0.39, 0.29) is 23.5 Å². The van der Waals surface area contributed by atoms with Gasteiger partial charge in [0.1, 0.15) is 6.54 Å². The van der Waals surface area contributed by atoms with Gasteiger partial charge in [0.2, 0.25) is 11.8 Å². The van der Waals surface area contributed by atoms with Crippen LogP contribution in [-0.4, -0.2) is 62.4 Å². The third-order valence-electron chi connectivity index (χ3n) is 7.33. The molecule has 5 heterocycles. The van der Waals surface area contributed by atoms with E-state index in [0.717, 1.165) is 10.5 Å². The van der Waals surface area contributed by atoms with Gasteiger partial charge in [-0.15, -0.1) is 0 Å². The average Bonchev–Trinajstić information content (AvgIpc) is 3.52. The number of methoxy groups -OCH3 is 2. The first-order valence-corrected chi connectivity index (χ1v) is 12.2. The van der Waals surface area contributed by atoms with Crippen molar-refractivity contribution in [2.24, 2.45) is 0 Å². The van der Waals surface area contributed by atoms with Crippen LogP contribution in [0.4, 0.5) is 18.9 Å². The lowest BCUT2D eigenvalue weighted by atomic mass is 9.87. The van der Waals surface area contributed by atoms with E-state index in [1.807, 2.05) is 6.07 Å². The van der Waals surface area contributed by atoms with Crippen molar-refractivity contribution in [2.45, 2.75) is 43.7 Å². The molecule has 2 aliphatic rings. The van der Waals surface area contributed by atoms with Crippen molar-refractivity contribution in [1.82, 2.24) is 29.5 Å². The molecule has 1 aliphatic heterocycles. The number of imidazole rings is 1. The SMILES string of the molecule is COc1ncc(-c2cc([C@H]3C[C@@H]3c3cc4c(cn3)C(C)(C)C(=O)N4CC(F)(F)F)c3nccn3n2)c(OC)n1. The Bertz CT molecular complexity index is 1620. The highest BCUT2D eigenvalue weighted by Crippen LogP contribution is 2.56. The lowest BCUT2D eigenvalue weighted by molar-refractivity contribution is -0.134. The molecule has 13 heteroatoms. The number of pyridine rings is 1. The Labute approximate surface area is 220 Å². The number of carbonyl (C=O) groups is 1. The van der Waals surface area contributed by atoms with E-state index in [2.05, 4.69) is 25.0 Å². The van der Waals surface area contributed by atoms with Crippen LogP contribution in [0, 0.1) is 0 Å². The normalized spacial score (nSPS) is 19.9. The summed E-state index contributed by atoms with van der Waals surface area (Å²) >= 11 is 0. The second kappa shape index (κ2) is 8.61. The van der Waals surface area contributed by atoms with Crippen LogP contribution >= 0.6 is 0 Å². The number of alkyl halides is 3. The second-order valence-corrected chi connectivity index (χ2v) is 10.2. The van der Waals surface area contributed by atoms with Crippen molar-refractivity contribution in [1.29, 1.82) is 0 Å². The molecule has 0 radical (unpaired) electrons. The number of halogens is 3. The largest absolute Gasteiger partial charge is 0.480 e. The number of rotatable bonds is 6. The van der Waals surface area contributed by atoms with Crippen LogP contribution in [0.2, 0.25) is 0 Å². The minimum atomic E-state index is -4.52. The molecule has 0 bridgehead atoms. The van der Waals surface area contributed by atoms with E-state index < -0.39 is 24.0 Å². The van der Waals surface area contributed by atoms with Crippen LogP contribution in [0.15, 0.2) is 36.9 Å². The molecule has 0 unspecified atom stereocenters. The van der Waals surface area contributed by atoms with Gasteiger partial charge in [-0.25, -0.2) is 14.5 Å². The van der Waals surface area contributed by atoms with Gasteiger partial charge in [-0.2, -0.15) is 23.3 Å². The summed E-state index contributed by atoms with van der Waals surface area (Å²) in [7, 11) is 2.95. The van der Waals surface area contributed by atoms with E-state index in [1.54, 1.807) is 43.0 Å². The second-order valence-electron chi connectivity index (χ2n) is 10.2. The van der Waals surface area contributed by atoms with Gasteiger partial charge in [0.25, 0.3) is 0 Å². The van der Waals surface area contributed by atoms with E-state index in [9.17, 15) is 18.0 Å². The van der Waals surface area contributed by atoms with Gasteiger partial charge < -0.3 is 14.4 Å². The van der Waals surface area contributed by atoms with Gasteiger partial charge in [-0.3, -0.25) is 9.78 Å². The summed E-state index contributed by atoms with van der Waals surface area (Å²) in [4.78, 5) is 31.2. The molecule has 0 spiro atoms. The molecule has 10 nitrogen and oxygen atoms in total. The predicted molar refractivity (Wildman–Crippen MR) is 133 cm³/mol. The number of carbonyl (C=O) groups excluding carboxylic acids is 1. The first-order valence-electron chi connectivity index (χ1n) is 12.2. The number of hydrogen-bond donors (Lipinski definition) is 0. The zero-order valence-electron chi connectivity index (χ0n) is 21.5. The monoisotopic (exact) mass is 539 g/mol. The van der Waals surface area contributed by atoms with Crippen molar-refractivity contribution in [2.75, 3.05) is 25.7 Å². The van der Waals surface area contributed by atoms with Crippen LogP contribution in [0.3, 0.4) is 0 Å². The summed E-state index contributed by atoms with van der Waals surface area (Å²) in [5.74, 6) is -0.362. The molecule has 4 aromatic heterocycles. The van der Waals surface area contributed by atoms with Crippen molar-refractivity contribution in [3.8, 4) is 23.1 Å². The smallest absolute Gasteiger partial charge is 0.406 e. The molecule has 4 aromatic rings. The van der Waals surface area contributed by atoms with Crippen LogP contribution in [0.5, 0.6) is 11.9 Å². The molecule has 2 atom stereocenters. The number of hydrogen-bond acceptors (Lipinski definition) is 8. The molecule has 1 fully saturated rings. The van der Waals surface area contributed by atoms with E-state index >= 15 is 0 Å². The lowest BCUT2D eigenvalue weighted by Gasteiger charge is -2.21. The molecule has 1 aliphatic carbocycles. The number of aromatic nitrogens is 6. The van der Waals surface area contributed by atoms with Gasteiger partial charge in [-0.05, 0) is 38.3 Å². The quantitative estimate of drug-likeness (QED) is 0.361. The zero-order chi connectivity index (χ0) is 27.7. The van der Waals surface area contributed by atoms with Gasteiger partial charge in [0.05, 0.1) is 36.6 Å². The average molecular weight is 540 g/mol. The number of amides is 1. The highest BCUT2D eigenvalue weighted by Gasteiger charge is 2.49. The Morgan fingerprint density at radius 1 is 1.08 bits per heavy atom. The number of ether oxygens (including phenoxy) is 2. The van der Waals surface area contributed by atoms with Gasteiger partial charge in [0.15, 0.2) is 5.65 Å². The van der Waals surface area contributed by atoms with Crippen molar-refractivity contribution in [3.05, 3.63) is 53.7 Å². The van der Waals surface area contributed by atoms with Crippen LogP contribution in [-0.2, 0) is 10.2 Å². The third kappa shape index (κ3) is 4.12. The first kappa shape index (κ1) is 25.0. The summed E-state index contributed by atoms with van der Waals surface area (Å²) in [6.45, 7) is 1.90. The minimum Gasteiger partial charge on any atom is -0.480 e. The topological polar surface area (TPSA) is 108 Å². The number of nitrogens with zero attached hydrogens (tertiary/aromatic N) is 7. The maximum atomic E-state index is 13.3. The molecular weight excluding hydrogens is 515 g/mol. The predicted octanol–water partition coefficient (Wildman–Crippen LogP) is 4.06. The van der Waals surface area contributed by atoms with E-state index in [0.29, 0.717) is 40.5 Å². The Hall–Kier alpha value is -4.29. The fourth-order valence-corrected chi connectivity index (χ4v) is 5.26. The number of fused-ring (bicyclic) bond motifs is 2. The summed E-state index contributed by atoms with van der Waals surface area (Å²) in [6.07, 6.45) is 2.67. The molecule has 1 amide bonds. The van der Waals surface area contributed by atoms with Crippen LogP contribution in [0.25, 0.3) is 16.9 Å². The Morgan fingerprint density at radius 3 is 2.59 bits per heavy atom. The van der Waals surface area contributed by atoms with Crippen LogP contribution < -0.4 is 14.4 Å². The Kier molecular flexibility index (Phi) is 5.52. The minimum absolute atomic E-state index is 0.00598. The van der Waals surface area contributed by atoms with E-state index in [4.69, 9.17) is 9.47 Å². The van der Waals surface area contributed by atoms with Gasteiger partial charge in [0, 0.05) is 47.5 Å². The molecule has 202 valence electrons. The lowest BCUT2D eigenvalue weighted by Crippen LogP contribution is -2.41. The molecule has 0 aromatic carbocycles. The zero-order valence-corrected chi connectivity index (χ0v) is 21.5. The molecule has 0 saturated heterocycles. The molecule has 1 saturated carbocycles. The molecule has 39 heavy (non-hydrogen) atoms. The van der Waals surface area contributed by atoms with Gasteiger partial charge >= 0.3 is 12.2 Å². The molecule has 0 N–H and O–H groups in total. The van der Waals surface area contributed by atoms with Gasteiger partial charge in [-0.1, -0.05) is 0 Å². The maximum Gasteiger partial charge on any atom is 0.406 e. The first-order chi connectivity index (χ1) is 18.5. The third-order valence-corrected chi connectivity index (χ3v) is 7.33. The van der Waals surface area contributed by atoms with E-state index in [1.165, 1.54) is 20.4 Å². The fraction of sp³-hybridized carbons (Fsp3) is 0.385. The summed E-state index contributed by atoms with van der Waals surface area (Å²) in [5.41, 5.74) is 2.99. The standard InChI is InChI=1S/C26H24F3N7O3/c1-25(2)17-11-31-18(9-20(17)35(23(25)37)12-26(27,28)29)14-7-13(14)15-8-19(34-36-6-5-30-21(15)36)16-10-32-24(39-4)33-22(16)38-3/h5-6,8-11,13-14H,7,12H2,1-4H3/t13-,14-/m0/s1. The Balaban J connectivity index is 1.37. The molecular formula is C26H24F3N7O3. The number of anilines is 1. The van der Waals surface area contributed by atoms with Crippen molar-refractivity contribution >= 4 is 17.2 Å². The summed E-state index contributed by atoms with van der Waals surface area (Å²) in [6, 6.07) is 3.69.